The Bertz CT molecular complexity index is 631. The van der Waals surface area contributed by atoms with Gasteiger partial charge in [0.05, 0.1) is 11.3 Å². The molecule has 0 aromatic heterocycles. The molecule has 0 amide bonds. The summed E-state index contributed by atoms with van der Waals surface area (Å²) in [7, 11) is 0. The fraction of sp³-hybridized carbons (Fsp3) is 0.133. The topological polar surface area (TPSA) is 58.6 Å². The van der Waals surface area contributed by atoms with E-state index < -0.39 is 5.97 Å². The lowest BCUT2D eigenvalue weighted by Gasteiger charge is -2.10. The summed E-state index contributed by atoms with van der Waals surface area (Å²) in [5, 5.41) is 11.8. The fourth-order valence-electron chi connectivity index (χ4n) is 1.68. The molecule has 0 aliphatic rings. The van der Waals surface area contributed by atoms with Crippen molar-refractivity contribution in [1.29, 1.82) is 0 Å². The van der Waals surface area contributed by atoms with Crippen LogP contribution >= 0.6 is 15.9 Å². The minimum absolute atomic E-state index is 0.212. The van der Waals surface area contributed by atoms with E-state index in [0.717, 1.165) is 4.47 Å². The maximum absolute atomic E-state index is 13.1. The average molecular weight is 354 g/mol. The maximum atomic E-state index is 13.1. The summed E-state index contributed by atoms with van der Waals surface area (Å²) >= 11 is 3.32. The van der Waals surface area contributed by atoms with Gasteiger partial charge in [-0.2, -0.15) is 0 Å². The van der Waals surface area contributed by atoms with Crippen LogP contribution in [0, 0.1) is 5.82 Å². The van der Waals surface area contributed by atoms with E-state index in [1.807, 2.05) is 0 Å². The van der Waals surface area contributed by atoms with Crippen LogP contribution in [0.5, 0.6) is 5.75 Å². The van der Waals surface area contributed by atoms with Gasteiger partial charge < -0.3 is 15.2 Å². The van der Waals surface area contributed by atoms with Crippen LogP contribution in [-0.4, -0.2) is 24.2 Å². The van der Waals surface area contributed by atoms with Gasteiger partial charge in [0.2, 0.25) is 0 Å². The lowest BCUT2D eigenvalue weighted by Crippen LogP contribution is -2.12. The first-order valence-corrected chi connectivity index (χ1v) is 7.00. The lowest BCUT2D eigenvalue weighted by molar-refractivity contribution is 0.0697. The molecule has 6 heteroatoms. The molecule has 21 heavy (non-hydrogen) atoms. The van der Waals surface area contributed by atoms with Crippen LogP contribution in [-0.2, 0) is 0 Å². The van der Waals surface area contributed by atoms with E-state index in [1.165, 1.54) is 24.3 Å². The smallest absolute Gasteiger partial charge is 0.335 e. The fourth-order valence-corrected chi connectivity index (χ4v) is 2.07. The Morgan fingerprint density at radius 3 is 2.62 bits per heavy atom. The number of carbonyl (C=O) groups is 1. The molecule has 0 fully saturated rings. The van der Waals surface area contributed by atoms with Gasteiger partial charge in [-0.15, -0.1) is 0 Å². The highest BCUT2D eigenvalue weighted by Gasteiger charge is 2.03. The Morgan fingerprint density at radius 1 is 1.24 bits per heavy atom. The molecule has 0 radical (unpaired) electrons. The minimum atomic E-state index is -0.973. The van der Waals surface area contributed by atoms with Crippen LogP contribution < -0.4 is 10.1 Å². The van der Waals surface area contributed by atoms with Gasteiger partial charge in [0.25, 0.3) is 0 Å². The first kappa shape index (κ1) is 15.3. The van der Waals surface area contributed by atoms with Crippen molar-refractivity contribution in [2.75, 3.05) is 18.5 Å². The summed E-state index contributed by atoms with van der Waals surface area (Å²) in [6, 6.07) is 10.6. The second kappa shape index (κ2) is 7.08. The minimum Gasteiger partial charge on any atom is -0.492 e. The highest BCUT2D eigenvalue weighted by atomic mass is 79.9. The van der Waals surface area contributed by atoms with Crippen LogP contribution in [0.2, 0.25) is 0 Å². The predicted molar refractivity (Wildman–Crippen MR) is 81.5 cm³/mol. The predicted octanol–water partition coefficient (Wildman–Crippen LogP) is 3.78. The third kappa shape index (κ3) is 4.46. The van der Waals surface area contributed by atoms with E-state index in [-0.39, 0.29) is 11.4 Å². The van der Waals surface area contributed by atoms with E-state index in [0.29, 0.717) is 24.6 Å². The number of hydrogen-bond acceptors (Lipinski definition) is 3. The van der Waals surface area contributed by atoms with E-state index in [1.54, 1.807) is 18.2 Å². The Kier molecular flexibility index (Phi) is 5.16. The molecule has 2 N–H and O–H groups in total. The molecule has 0 bridgehead atoms. The summed E-state index contributed by atoms with van der Waals surface area (Å²) in [6.07, 6.45) is 0. The van der Waals surface area contributed by atoms with Crippen molar-refractivity contribution in [3.63, 3.8) is 0 Å². The molecule has 4 nitrogen and oxygen atoms in total. The number of rotatable bonds is 6. The van der Waals surface area contributed by atoms with Crippen LogP contribution in [0.15, 0.2) is 46.9 Å². The first-order chi connectivity index (χ1) is 10.1. The number of benzene rings is 2. The Morgan fingerprint density at radius 2 is 1.95 bits per heavy atom. The van der Waals surface area contributed by atoms with Crippen molar-refractivity contribution in [3.05, 3.63) is 58.3 Å². The zero-order chi connectivity index (χ0) is 15.2. The Balaban J connectivity index is 1.81. The molecule has 0 spiro atoms. The molecule has 0 aliphatic heterocycles. The van der Waals surface area contributed by atoms with Gasteiger partial charge in [0, 0.05) is 11.0 Å². The molecule has 2 aromatic rings. The molecule has 0 saturated carbocycles. The van der Waals surface area contributed by atoms with E-state index in [4.69, 9.17) is 9.84 Å². The van der Waals surface area contributed by atoms with Crippen molar-refractivity contribution in [1.82, 2.24) is 0 Å². The van der Waals surface area contributed by atoms with Gasteiger partial charge in [-0.1, -0.05) is 0 Å². The quantitative estimate of drug-likeness (QED) is 0.776. The van der Waals surface area contributed by atoms with Gasteiger partial charge in [-0.3, -0.25) is 0 Å². The molecular formula is C15H13BrFNO3. The normalized spacial score (nSPS) is 10.2. The van der Waals surface area contributed by atoms with Crippen molar-refractivity contribution >= 4 is 27.6 Å². The molecule has 2 aromatic carbocycles. The highest BCUT2D eigenvalue weighted by Crippen LogP contribution is 2.22. The largest absolute Gasteiger partial charge is 0.492 e. The number of aromatic carboxylic acids is 1. The average Bonchev–Trinajstić information content (AvgIpc) is 2.47. The number of nitrogens with one attached hydrogen (secondary N) is 1. The number of carboxylic acids is 1. The van der Waals surface area contributed by atoms with Crippen LogP contribution in [0.3, 0.4) is 0 Å². The molecule has 0 atom stereocenters. The summed E-state index contributed by atoms with van der Waals surface area (Å²) in [4.78, 5) is 10.7. The second-order valence-electron chi connectivity index (χ2n) is 4.23. The van der Waals surface area contributed by atoms with Gasteiger partial charge >= 0.3 is 5.97 Å². The Labute approximate surface area is 129 Å². The van der Waals surface area contributed by atoms with Crippen molar-refractivity contribution in [2.24, 2.45) is 0 Å². The SMILES string of the molecule is O=C(O)c1ccc(OCCNc2cc(F)ccc2Br)cc1. The summed E-state index contributed by atoms with van der Waals surface area (Å²) in [6.45, 7) is 0.859. The van der Waals surface area contributed by atoms with Gasteiger partial charge in [0.1, 0.15) is 18.2 Å². The number of ether oxygens (including phenoxy) is 1. The zero-order valence-corrected chi connectivity index (χ0v) is 12.6. The van der Waals surface area contributed by atoms with Crippen molar-refractivity contribution in [3.8, 4) is 5.75 Å². The number of hydrogen-bond donors (Lipinski definition) is 2. The van der Waals surface area contributed by atoms with Crippen LogP contribution in [0.4, 0.5) is 10.1 Å². The van der Waals surface area contributed by atoms with E-state index >= 15 is 0 Å². The molecular weight excluding hydrogens is 341 g/mol. The molecule has 0 heterocycles. The van der Waals surface area contributed by atoms with Crippen LogP contribution in [0.25, 0.3) is 0 Å². The molecule has 0 aliphatic carbocycles. The molecule has 0 unspecified atom stereocenters. The highest BCUT2D eigenvalue weighted by molar-refractivity contribution is 9.10. The maximum Gasteiger partial charge on any atom is 0.335 e. The van der Waals surface area contributed by atoms with Crippen LogP contribution in [0.1, 0.15) is 10.4 Å². The molecule has 110 valence electrons. The lowest BCUT2D eigenvalue weighted by atomic mass is 10.2. The zero-order valence-electron chi connectivity index (χ0n) is 11.0. The van der Waals surface area contributed by atoms with E-state index in [2.05, 4.69) is 21.2 Å². The third-order valence-corrected chi connectivity index (χ3v) is 3.41. The van der Waals surface area contributed by atoms with Crippen molar-refractivity contribution in [2.45, 2.75) is 0 Å². The van der Waals surface area contributed by atoms with Gasteiger partial charge in [-0.25, -0.2) is 9.18 Å². The summed E-state index contributed by atoms with van der Waals surface area (Å²) < 4.78 is 19.3. The number of anilines is 1. The second-order valence-corrected chi connectivity index (χ2v) is 5.08. The van der Waals surface area contributed by atoms with Crippen molar-refractivity contribution < 1.29 is 19.0 Å². The van der Waals surface area contributed by atoms with Gasteiger partial charge in [0.15, 0.2) is 0 Å². The first-order valence-electron chi connectivity index (χ1n) is 6.21. The van der Waals surface area contributed by atoms with Gasteiger partial charge in [-0.05, 0) is 58.4 Å². The molecule has 0 saturated heterocycles. The summed E-state index contributed by atoms with van der Waals surface area (Å²) in [5.41, 5.74) is 0.865. The standard InChI is InChI=1S/C15H13BrFNO3/c16-13-6-3-11(17)9-14(13)18-7-8-21-12-4-1-10(2-5-12)15(19)20/h1-6,9,18H,7-8H2,(H,19,20). The monoisotopic (exact) mass is 353 g/mol. The summed E-state index contributed by atoms with van der Waals surface area (Å²) in [5.74, 6) is -0.704. The molecule has 2 rings (SSSR count). The number of halogens is 2. The number of carboxylic acid groups (broad SMARTS) is 1. The third-order valence-electron chi connectivity index (χ3n) is 2.72. The van der Waals surface area contributed by atoms with E-state index in [9.17, 15) is 9.18 Å². The Hall–Kier alpha value is -2.08.